The number of fused-ring (bicyclic) bond motifs is 1. The second-order valence-corrected chi connectivity index (χ2v) is 6.93. The number of aromatic nitrogens is 4. The summed E-state index contributed by atoms with van der Waals surface area (Å²) in [5.41, 5.74) is 7.63. The lowest BCUT2D eigenvalue weighted by molar-refractivity contribution is -0.139. The number of hydrogen-bond acceptors (Lipinski definition) is 6. The van der Waals surface area contributed by atoms with Crippen LogP contribution in [-0.2, 0) is 17.4 Å². The highest BCUT2D eigenvalue weighted by Gasteiger charge is 2.35. The third-order valence-corrected chi connectivity index (χ3v) is 4.73. The predicted octanol–water partition coefficient (Wildman–Crippen LogP) is 3.81. The highest BCUT2D eigenvalue weighted by Crippen LogP contribution is 2.36. The first-order valence-electron chi connectivity index (χ1n) is 9.34. The van der Waals surface area contributed by atoms with Crippen molar-refractivity contribution < 1.29 is 22.7 Å². The number of ether oxygens (including phenoxy) is 1. The third kappa shape index (κ3) is 4.31. The fourth-order valence-electron chi connectivity index (χ4n) is 3.17. The second kappa shape index (κ2) is 8.17. The van der Waals surface area contributed by atoms with Crippen LogP contribution >= 0.6 is 0 Å². The molecule has 11 heteroatoms. The number of pyridine rings is 2. The van der Waals surface area contributed by atoms with Gasteiger partial charge in [0.15, 0.2) is 11.5 Å². The molecule has 4 aromatic rings. The van der Waals surface area contributed by atoms with E-state index < -0.39 is 23.5 Å². The number of carbonyl (C=O) groups excluding carboxylic acids is 1. The lowest BCUT2D eigenvalue weighted by Crippen LogP contribution is -2.16. The van der Waals surface area contributed by atoms with Gasteiger partial charge in [-0.1, -0.05) is 24.3 Å². The van der Waals surface area contributed by atoms with E-state index in [0.717, 1.165) is 30.5 Å². The zero-order chi connectivity index (χ0) is 22.9. The Morgan fingerprint density at radius 3 is 2.56 bits per heavy atom. The zero-order valence-corrected chi connectivity index (χ0v) is 16.7. The summed E-state index contributed by atoms with van der Waals surface area (Å²) >= 11 is 0. The molecule has 0 saturated heterocycles. The molecule has 0 aliphatic heterocycles. The van der Waals surface area contributed by atoms with Crippen LogP contribution in [0.15, 0.2) is 48.8 Å². The van der Waals surface area contributed by atoms with Gasteiger partial charge in [-0.05, 0) is 23.3 Å². The molecule has 0 aliphatic carbocycles. The number of benzene rings is 1. The first kappa shape index (κ1) is 21.1. The van der Waals surface area contributed by atoms with Gasteiger partial charge in [-0.25, -0.2) is 9.97 Å². The molecule has 3 heterocycles. The average Bonchev–Trinajstić information content (AvgIpc) is 3.14. The van der Waals surface area contributed by atoms with Crippen molar-refractivity contribution in [3.05, 3.63) is 59.9 Å². The number of alkyl halides is 3. The number of nitrogens with two attached hydrogens (primary N) is 1. The molecule has 0 saturated carbocycles. The van der Waals surface area contributed by atoms with Gasteiger partial charge in [-0.3, -0.25) is 9.89 Å². The standard InChI is InChI=1S/C21H17F3N6O2/c1-32-20-16(21(22,23)24)8-14(10-27-20)28-17(31)6-11-2-4-12(5-3-11)13-7-15-18(25)29-30-19(15)26-9-13/h2-5,7-10H,6H2,1H3,(H,28,31)(H3,25,26,29,30). The van der Waals surface area contributed by atoms with Gasteiger partial charge in [0.2, 0.25) is 11.8 Å². The van der Waals surface area contributed by atoms with Gasteiger partial charge in [-0.15, -0.1) is 0 Å². The molecule has 0 unspecified atom stereocenters. The predicted molar refractivity (Wildman–Crippen MR) is 112 cm³/mol. The van der Waals surface area contributed by atoms with E-state index in [2.05, 4.69) is 30.2 Å². The van der Waals surface area contributed by atoms with Crippen molar-refractivity contribution in [3.63, 3.8) is 0 Å². The highest BCUT2D eigenvalue weighted by molar-refractivity contribution is 5.92. The first-order valence-corrected chi connectivity index (χ1v) is 9.34. The molecule has 3 aromatic heterocycles. The number of methoxy groups -OCH3 is 1. The van der Waals surface area contributed by atoms with Crippen molar-refractivity contribution in [3.8, 4) is 17.0 Å². The molecule has 0 aliphatic rings. The molecule has 4 N–H and O–H groups in total. The number of carbonyl (C=O) groups is 1. The Hall–Kier alpha value is -4.15. The average molecular weight is 442 g/mol. The monoisotopic (exact) mass is 442 g/mol. The molecule has 8 nitrogen and oxygen atoms in total. The van der Waals surface area contributed by atoms with Gasteiger partial charge in [0.05, 0.1) is 30.8 Å². The lowest BCUT2D eigenvalue weighted by atomic mass is 10.0. The van der Waals surface area contributed by atoms with Crippen molar-refractivity contribution in [1.82, 2.24) is 20.2 Å². The van der Waals surface area contributed by atoms with Crippen molar-refractivity contribution >= 4 is 28.4 Å². The first-order chi connectivity index (χ1) is 15.2. The minimum absolute atomic E-state index is 0.0282. The van der Waals surface area contributed by atoms with E-state index >= 15 is 0 Å². The SMILES string of the molecule is COc1ncc(NC(=O)Cc2ccc(-c3cnc4[nH]nc(N)c4c3)cc2)cc1C(F)(F)F. The third-order valence-electron chi connectivity index (χ3n) is 4.73. The second-order valence-electron chi connectivity index (χ2n) is 6.93. The van der Waals surface area contributed by atoms with E-state index in [1.54, 1.807) is 18.3 Å². The summed E-state index contributed by atoms with van der Waals surface area (Å²) < 4.78 is 44.0. The normalized spacial score (nSPS) is 11.5. The van der Waals surface area contributed by atoms with Crippen LogP contribution in [0.4, 0.5) is 24.7 Å². The van der Waals surface area contributed by atoms with Gasteiger partial charge in [0.1, 0.15) is 5.56 Å². The van der Waals surface area contributed by atoms with Crippen LogP contribution in [0.5, 0.6) is 5.88 Å². The minimum Gasteiger partial charge on any atom is -0.481 e. The quantitative estimate of drug-likeness (QED) is 0.433. The van der Waals surface area contributed by atoms with E-state index in [0.29, 0.717) is 22.4 Å². The summed E-state index contributed by atoms with van der Waals surface area (Å²) in [7, 11) is 1.09. The van der Waals surface area contributed by atoms with Crippen molar-refractivity contribution in [2.45, 2.75) is 12.6 Å². The lowest BCUT2D eigenvalue weighted by Gasteiger charge is -2.13. The zero-order valence-electron chi connectivity index (χ0n) is 16.7. The maximum atomic E-state index is 13.1. The number of rotatable bonds is 5. The van der Waals surface area contributed by atoms with E-state index in [1.807, 2.05) is 18.2 Å². The maximum absolute atomic E-state index is 13.1. The Labute approximate surface area is 179 Å². The minimum atomic E-state index is -4.66. The van der Waals surface area contributed by atoms with E-state index in [1.165, 1.54) is 0 Å². The summed E-state index contributed by atoms with van der Waals surface area (Å²) in [5.74, 6) is -0.688. The number of amides is 1. The largest absolute Gasteiger partial charge is 0.481 e. The molecule has 4 rings (SSSR count). The molecule has 164 valence electrons. The van der Waals surface area contributed by atoms with Crippen LogP contribution < -0.4 is 15.8 Å². The fraction of sp³-hybridized carbons (Fsp3) is 0.143. The van der Waals surface area contributed by atoms with Crippen LogP contribution in [0, 0.1) is 0 Å². The summed E-state index contributed by atoms with van der Waals surface area (Å²) in [4.78, 5) is 20.2. The molecule has 0 bridgehead atoms. The van der Waals surface area contributed by atoms with Crippen molar-refractivity contribution in [2.24, 2.45) is 0 Å². The smallest absolute Gasteiger partial charge is 0.421 e. The number of nitrogens with zero attached hydrogens (tertiary/aromatic N) is 3. The highest BCUT2D eigenvalue weighted by atomic mass is 19.4. The van der Waals surface area contributed by atoms with Gasteiger partial charge >= 0.3 is 6.18 Å². The van der Waals surface area contributed by atoms with E-state index in [9.17, 15) is 18.0 Å². The van der Waals surface area contributed by atoms with Gasteiger partial charge in [0, 0.05) is 11.8 Å². The van der Waals surface area contributed by atoms with Crippen molar-refractivity contribution in [1.29, 1.82) is 0 Å². The molecular weight excluding hydrogens is 425 g/mol. The molecule has 0 radical (unpaired) electrons. The van der Waals surface area contributed by atoms with Crippen LogP contribution in [0.1, 0.15) is 11.1 Å². The van der Waals surface area contributed by atoms with E-state index in [-0.39, 0.29) is 12.1 Å². The fourth-order valence-corrected chi connectivity index (χ4v) is 3.17. The summed E-state index contributed by atoms with van der Waals surface area (Å²) in [5, 5.41) is 9.78. The molecule has 1 amide bonds. The number of aromatic amines is 1. The molecule has 32 heavy (non-hydrogen) atoms. The van der Waals surface area contributed by atoms with Crippen LogP contribution in [0.25, 0.3) is 22.2 Å². The van der Waals surface area contributed by atoms with Gasteiger partial charge in [-0.2, -0.15) is 18.3 Å². The molecule has 0 spiro atoms. The number of nitrogen functional groups attached to an aromatic ring is 1. The number of hydrogen-bond donors (Lipinski definition) is 3. The topological polar surface area (TPSA) is 119 Å². The molecular formula is C21H17F3N6O2. The Morgan fingerprint density at radius 1 is 1.12 bits per heavy atom. The summed E-state index contributed by atoms with van der Waals surface area (Å²) in [6.07, 6.45) is -1.90. The van der Waals surface area contributed by atoms with Gasteiger partial charge in [0.25, 0.3) is 0 Å². The van der Waals surface area contributed by atoms with Crippen LogP contribution in [0.2, 0.25) is 0 Å². The summed E-state index contributed by atoms with van der Waals surface area (Å²) in [6.45, 7) is 0. The Bertz CT molecular complexity index is 1290. The Balaban J connectivity index is 1.46. The number of halogens is 3. The number of anilines is 2. The number of H-pyrrole nitrogens is 1. The molecule has 0 atom stereocenters. The number of nitrogens with one attached hydrogen (secondary N) is 2. The van der Waals surface area contributed by atoms with Gasteiger partial charge < -0.3 is 15.8 Å². The van der Waals surface area contributed by atoms with E-state index in [4.69, 9.17) is 5.73 Å². The Kier molecular flexibility index (Phi) is 5.39. The summed E-state index contributed by atoms with van der Waals surface area (Å²) in [6, 6.07) is 9.79. The Morgan fingerprint density at radius 2 is 1.88 bits per heavy atom. The van der Waals surface area contributed by atoms with Crippen LogP contribution in [-0.4, -0.2) is 33.2 Å². The van der Waals surface area contributed by atoms with Crippen molar-refractivity contribution in [2.75, 3.05) is 18.2 Å². The molecule has 0 fully saturated rings. The molecule has 1 aromatic carbocycles. The van der Waals surface area contributed by atoms with Crippen LogP contribution in [0.3, 0.4) is 0 Å². The maximum Gasteiger partial charge on any atom is 0.421 e.